The van der Waals surface area contributed by atoms with E-state index in [0.717, 1.165) is 16.5 Å². The standard InChI is InChI=1S/C18H15NO2/c20-18(21)16-5-2-1-4-14(16)13-6-3-7-17-15(13)10-11-19(17)12-8-9-12/h1-7,10-12H,8-9H2,(H,20,21). The fraction of sp³-hybridized carbons (Fsp3) is 0.167. The van der Waals surface area contributed by atoms with E-state index in [-0.39, 0.29) is 0 Å². The summed E-state index contributed by atoms with van der Waals surface area (Å²) in [7, 11) is 0. The fourth-order valence-corrected chi connectivity index (χ4v) is 3.00. The molecule has 0 unspecified atom stereocenters. The van der Waals surface area contributed by atoms with Crippen molar-refractivity contribution in [3.05, 3.63) is 60.3 Å². The number of hydrogen-bond acceptors (Lipinski definition) is 1. The zero-order valence-electron chi connectivity index (χ0n) is 11.5. The number of hydrogen-bond donors (Lipinski definition) is 1. The number of aromatic carboxylic acids is 1. The van der Waals surface area contributed by atoms with Crippen LogP contribution in [0.25, 0.3) is 22.0 Å². The largest absolute Gasteiger partial charge is 0.478 e. The van der Waals surface area contributed by atoms with Gasteiger partial charge in [-0.05, 0) is 42.2 Å². The third-order valence-corrected chi connectivity index (χ3v) is 4.15. The van der Waals surface area contributed by atoms with Gasteiger partial charge in [0.25, 0.3) is 0 Å². The number of aromatic nitrogens is 1. The number of rotatable bonds is 3. The lowest BCUT2D eigenvalue weighted by Crippen LogP contribution is -1.99. The maximum atomic E-state index is 11.4. The molecule has 0 saturated heterocycles. The van der Waals surface area contributed by atoms with Gasteiger partial charge in [-0.25, -0.2) is 4.79 Å². The molecule has 0 bridgehead atoms. The Bertz CT molecular complexity index is 843. The summed E-state index contributed by atoms with van der Waals surface area (Å²) >= 11 is 0. The Hall–Kier alpha value is -2.55. The summed E-state index contributed by atoms with van der Waals surface area (Å²) in [5.74, 6) is -0.885. The van der Waals surface area contributed by atoms with E-state index >= 15 is 0 Å². The highest BCUT2D eigenvalue weighted by atomic mass is 16.4. The van der Waals surface area contributed by atoms with Crippen molar-refractivity contribution in [2.24, 2.45) is 0 Å². The molecule has 0 atom stereocenters. The van der Waals surface area contributed by atoms with E-state index in [2.05, 4.69) is 22.9 Å². The van der Waals surface area contributed by atoms with Gasteiger partial charge in [0.15, 0.2) is 0 Å². The summed E-state index contributed by atoms with van der Waals surface area (Å²) in [6, 6.07) is 16.0. The van der Waals surface area contributed by atoms with Crippen LogP contribution in [-0.4, -0.2) is 15.6 Å². The molecule has 1 heterocycles. The average Bonchev–Trinajstić information content (AvgIpc) is 3.26. The van der Waals surface area contributed by atoms with Gasteiger partial charge in [-0.15, -0.1) is 0 Å². The second-order valence-electron chi connectivity index (χ2n) is 5.54. The van der Waals surface area contributed by atoms with Crippen LogP contribution in [0.3, 0.4) is 0 Å². The number of carbonyl (C=O) groups is 1. The highest BCUT2D eigenvalue weighted by Crippen LogP contribution is 2.40. The van der Waals surface area contributed by atoms with E-state index < -0.39 is 5.97 Å². The number of nitrogens with zero attached hydrogens (tertiary/aromatic N) is 1. The van der Waals surface area contributed by atoms with E-state index in [0.29, 0.717) is 11.6 Å². The van der Waals surface area contributed by atoms with Crippen molar-refractivity contribution in [3.8, 4) is 11.1 Å². The van der Waals surface area contributed by atoms with Crippen LogP contribution in [0.4, 0.5) is 0 Å². The number of carboxylic acids is 1. The van der Waals surface area contributed by atoms with E-state index in [4.69, 9.17) is 0 Å². The maximum Gasteiger partial charge on any atom is 0.336 e. The smallest absolute Gasteiger partial charge is 0.336 e. The molecular weight excluding hydrogens is 262 g/mol. The summed E-state index contributed by atoms with van der Waals surface area (Å²) in [5, 5.41) is 10.5. The Morgan fingerprint density at radius 1 is 1.00 bits per heavy atom. The topological polar surface area (TPSA) is 42.2 Å². The summed E-state index contributed by atoms with van der Waals surface area (Å²) in [4.78, 5) is 11.4. The molecule has 3 nitrogen and oxygen atoms in total. The maximum absolute atomic E-state index is 11.4. The molecule has 1 aliphatic rings. The molecule has 104 valence electrons. The van der Waals surface area contributed by atoms with Gasteiger partial charge < -0.3 is 9.67 Å². The summed E-state index contributed by atoms with van der Waals surface area (Å²) in [5.41, 5.74) is 3.31. The van der Waals surface area contributed by atoms with Crippen LogP contribution in [0.15, 0.2) is 54.7 Å². The van der Waals surface area contributed by atoms with Crippen molar-refractivity contribution in [1.82, 2.24) is 4.57 Å². The highest BCUT2D eigenvalue weighted by molar-refractivity contribution is 6.03. The third kappa shape index (κ3) is 1.93. The first-order chi connectivity index (χ1) is 10.3. The van der Waals surface area contributed by atoms with Crippen molar-refractivity contribution >= 4 is 16.9 Å². The molecule has 3 heteroatoms. The van der Waals surface area contributed by atoms with Gasteiger partial charge in [-0.3, -0.25) is 0 Å². The second-order valence-corrected chi connectivity index (χ2v) is 5.54. The van der Waals surface area contributed by atoms with Crippen molar-refractivity contribution in [1.29, 1.82) is 0 Å². The van der Waals surface area contributed by atoms with Gasteiger partial charge in [0.05, 0.1) is 5.56 Å². The average molecular weight is 277 g/mol. The second kappa shape index (κ2) is 4.48. The molecule has 3 aromatic rings. The van der Waals surface area contributed by atoms with E-state index in [1.807, 2.05) is 24.3 Å². The lowest BCUT2D eigenvalue weighted by Gasteiger charge is -2.09. The van der Waals surface area contributed by atoms with Crippen LogP contribution < -0.4 is 0 Å². The Balaban J connectivity index is 1.97. The van der Waals surface area contributed by atoms with E-state index in [9.17, 15) is 9.90 Å². The Kier molecular flexibility index (Phi) is 2.61. The summed E-state index contributed by atoms with van der Waals surface area (Å²) in [6.45, 7) is 0. The number of benzene rings is 2. The quantitative estimate of drug-likeness (QED) is 0.773. The van der Waals surface area contributed by atoms with Gasteiger partial charge in [-0.1, -0.05) is 30.3 Å². The minimum atomic E-state index is -0.885. The van der Waals surface area contributed by atoms with Crippen molar-refractivity contribution in [2.75, 3.05) is 0 Å². The van der Waals surface area contributed by atoms with Gasteiger partial charge in [-0.2, -0.15) is 0 Å². The lowest BCUT2D eigenvalue weighted by molar-refractivity contribution is 0.0698. The van der Waals surface area contributed by atoms with Gasteiger partial charge in [0.2, 0.25) is 0 Å². The third-order valence-electron chi connectivity index (χ3n) is 4.15. The molecular formula is C18H15NO2. The molecule has 0 aliphatic heterocycles. The SMILES string of the molecule is O=C(O)c1ccccc1-c1cccc2c1ccn2C1CC1. The summed E-state index contributed by atoms with van der Waals surface area (Å²) < 4.78 is 2.31. The Morgan fingerprint density at radius 3 is 2.52 bits per heavy atom. The molecule has 1 saturated carbocycles. The molecule has 21 heavy (non-hydrogen) atoms. The Morgan fingerprint density at radius 2 is 1.76 bits per heavy atom. The first-order valence-corrected chi connectivity index (χ1v) is 7.18. The molecule has 0 radical (unpaired) electrons. The first-order valence-electron chi connectivity index (χ1n) is 7.18. The fourth-order valence-electron chi connectivity index (χ4n) is 3.00. The predicted molar refractivity (Wildman–Crippen MR) is 82.6 cm³/mol. The van der Waals surface area contributed by atoms with Crippen LogP contribution in [0, 0.1) is 0 Å². The molecule has 0 spiro atoms. The van der Waals surface area contributed by atoms with Gasteiger partial charge >= 0.3 is 5.97 Å². The van der Waals surface area contributed by atoms with Crippen molar-refractivity contribution in [2.45, 2.75) is 18.9 Å². The van der Waals surface area contributed by atoms with Crippen LogP contribution in [0.5, 0.6) is 0 Å². The Labute approximate surface area is 122 Å². The highest BCUT2D eigenvalue weighted by Gasteiger charge is 2.25. The number of carboxylic acid groups (broad SMARTS) is 1. The minimum absolute atomic E-state index is 0.351. The molecule has 1 N–H and O–H groups in total. The number of fused-ring (bicyclic) bond motifs is 1. The van der Waals surface area contributed by atoms with Crippen LogP contribution in [0.1, 0.15) is 29.2 Å². The van der Waals surface area contributed by atoms with Gasteiger partial charge in [0, 0.05) is 23.1 Å². The zero-order valence-corrected chi connectivity index (χ0v) is 11.5. The molecule has 1 aromatic heterocycles. The first kappa shape index (κ1) is 12.2. The molecule has 0 amide bonds. The van der Waals surface area contributed by atoms with E-state index in [1.165, 1.54) is 18.4 Å². The van der Waals surface area contributed by atoms with Crippen molar-refractivity contribution in [3.63, 3.8) is 0 Å². The summed E-state index contributed by atoms with van der Waals surface area (Å²) in [6.07, 6.45) is 4.59. The minimum Gasteiger partial charge on any atom is -0.478 e. The normalized spacial score (nSPS) is 14.5. The molecule has 1 aliphatic carbocycles. The van der Waals surface area contributed by atoms with Crippen LogP contribution in [0.2, 0.25) is 0 Å². The van der Waals surface area contributed by atoms with E-state index in [1.54, 1.807) is 12.1 Å². The predicted octanol–water partition coefficient (Wildman–Crippen LogP) is 4.34. The zero-order chi connectivity index (χ0) is 14.4. The van der Waals surface area contributed by atoms with Crippen LogP contribution in [-0.2, 0) is 0 Å². The molecule has 1 fully saturated rings. The van der Waals surface area contributed by atoms with Crippen molar-refractivity contribution < 1.29 is 9.90 Å². The molecule has 4 rings (SSSR count). The monoisotopic (exact) mass is 277 g/mol. The molecule has 2 aromatic carbocycles. The lowest BCUT2D eigenvalue weighted by atomic mass is 9.97. The van der Waals surface area contributed by atoms with Gasteiger partial charge in [0.1, 0.15) is 0 Å². The van der Waals surface area contributed by atoms with Crippen LogP contribution >= 0.6 is 0 Å².